The number of hydrogen-bond donors (Lipinski definition) is 0. The molecule has 0 bridgehead atoms. The van der Waals surface area contributed by atoms with Gasteiger partial charge in [-0.05, 0) is 106 Å². The average Bonchev–Trinajstić information content (AvgIpc) is 3.35. The van der Waals surface area contributed by atoms with Gasteiger partial charge >= 0.3 is 0 Å². The summed E-state index contributed by atoms with van der Waals surface area (Å²) >= 11 is 0. The van der Waals surface area contributed by atoms with Crippen LogP contribution in [0.1, 0.15) is 41.6 Å². The molecule has 5 aromatic carbocycles. The standard InChI is InChI=1S/C38H31N/c1-2-12-26(13-3-1)37-31-16-4-6-18-33(31)38(34-19-7-5-17-32(34)37)27-22-24-28(25-23-27)39-35-20-10-8-14-29(35)30-15-9-11-21-36(30)39/h1-6,8,10,12-14,16-18,20,22-25H,7,9,11,15,19,21H2. The quantitative estimate of drug-likeness (QED) is 0.227. The molecule has 0 spiro atoms. The van der Waals surface area contributed by atoms with E-state index in [0.717, 1.165) is 19.3 Å². The van der Waals surface area contributed by atoms with Gasteiger partial charge in [-0.2, -0.15) is 0 Å². The zero-order valence-electron chi connectivity index (χ0n) is 22.2. The van der Waals surface area contributed by atoms with E-state index in [1.54, 1.807) is 5.56 Å². The molecule has 39 heavy (non-hydrogen) atoms. The van der Waals surface area contributed by atoms with E-state index >= 15 is 0 Å². The molecule has 2 aliphatic rings. The van der Waals surface area contributed by atoms with E-state index in [4.69, 9.17) is 0 Å². The van der Waals surface area contributed by atoms with Gasteiger partial charge in [0.15, 0.2) is 0 Å². The molecule has 0 saturated carbocycles. The Hall–Kier alpha value is -4.36. The zero-order valence-corrected chi connectivity index (χ0v) is 22.2. The summed E-state index contributed by atoms with van der Waals surface area (Å²) in [5.74, 6) is 0. The minimum absolute atomic E-state index is 1.07. The van der Waals surface area contributed by atoms with Gasteiger partial charge in [0.25, 0.3) is 0 Å². The van der Waals surface area contributed by atoms with Crippen LogP contribution in [0, 0.1) is 0 Å². The SMILES string of the molecule is C1=Cc2c(c(-c3ccc(-n4c5c(c6ccccc64)CCCC5)cc3)c3ccccc3c2-c2ccccc2)CC1. The van der Waals surface area contributed by atoms with Crippen LogP contribution in [0.3, 0.4) is 0 Å². The molecule has 0 N–H and O–H groups in total. The summed E-state index contributed by atoms with van der Waals surface area (Å²) in [6.45, 7) is 0. The van der Waals surface area contributed by atoms with Gasteiger partial charge in [0.1, 0.15) is 0 Å². The molecule has 0 saturated heterocycles. The van der Waals surface area contributed by atoms with E-state index in [0.29, 0.717) is 0 Å². The summed E-state index contributed by atoms with van der Waals surface area (Å²) in [4.78, 5) is 0. The fourth-order valence-corrected chi connectivity index (χ4v) is 7.20. The highest BCUT2D eigenvalue weighted by Crippen LogP contribution is 2.45. The molecule has 188 valence electrons. The van der Waals surface area contributed by atoms with Crippen molar-refractivity contribution >= 4 is 27.8 Å². The number of rotatable bonds is 3. The number of allylic oxidation sites excluding steroid dienone is 1. The molecule has 1 heteroatoms. The van der Waals surface area contributed by atoms with Crippen LogP contribution in [0.15, 0.2) is 109 Å². The van der Waals surface area contributed by atoms with E-state index in [-0.39, 0.29) is 0 Å². The van der Waals surface area contributed by atoms with Crippen LogP contribution >= 0.6 is 0 Å². The first-order chi connectivity index (χ1) is 19.4. The van der Waals surface area contributed by atoms with Crippen LogP contribution in [0.25, 0.3) is 55.7 Å². The summed E-state index contributed by atoms with van der Waals surface area (Å²) in [6, 6.07) is 38.3. The van der Waals surface area contributed by atoms with E-state index < -0.39 is 0 Å². The van der Waals surface area contributed by atoms with Crippen molar-refractivity contribution < 1.29 is 0 Å². The molecule has 2 aliphatic carbocycles. The summed E-state index contributed by atoms with van der Waals surface area (Å²) < 4.78 is 2.53. The third kappa shape index (κ3) is 3.53. The number of nitrogens with zero attached hydrogens (tertiary/aromatic N) is 1. The number of para-hydroxylation sites is 1. The molecule has 1 nitrogen and oxygen atoms in total. The zero-order chi connectivity index (χ0) is 25.8. The van der Waals surface area contributed by atoms with E-state index in [1.165, 1.54) is 85.7 Å². The highest BCUT2D eigenvalue weighted by atomic mass is 15.0. The number of fused-ring (bicyclic) bond motifs is 5. The minimum atomic E-state index is 1.07. The van der Waals surface area contributed by atoms with Crippen molar-refractivity contribution in [2.24, 2.45) is 0 Å². The second-order valence-electron chi connectivity index (χ2n) is 11.0. The molecule has 0 unspecified atom stereocenters. The van der Waals surface area contributed by atoms with Gasteiger partial charge in [-0.15, -0.1) is 0 Å². The van der Waals surface area contributed by atoms with Crippen LogP contribution in [0.2, 0.25) is 0 Å². The first-order valence-electron chi connectivity index (χ1n) is 14.4. The Kier molecular flexibility index (Phi) is 5.29. The summed E-state index contributed by atoms with van der Waals surface area (Å²) in [5, 5.41) is 4.11. The second-order valence-corrected chi connectivity index (χ2v) is 11.0. The van der Waals surface area contributed by atoms with Crippen LogP contribution in [0.5, 0.6) is 0 Å². The Morgan fingerprint density at radius 3 is 2.00 bits per heavy atom. The lowest BCUT2D eigenvalue weighted by atomic mass is 9.80. The Morgan fingerprint density at radius 2 is 1.18 bits per heavy atom. The molecule has 0 atom stereocenters. The average molecular weight is 502 g/mol. The van der Waals surface area contributed by atoms with Gasteiger partial charge in [-0.25, -0.2) is 0 Å². The second kappa shape index (κ2) is 9.13. The van der Waals surface area contributed by atoms with Crippen molar-refractivity contribution in [3.63, 3.8) is 0 Å². The molecule has 0 radical (unpaired) electrons. The number of aromatic nitrogens is 1. The summed E-state index contributed by atoms with van der Waals surface area (Å²) in [6.07, 6.45) is 11.8. The minimum Gasteiger partial charge on any atom is -0.313 e. The molecular weight excluding hydrogens is 470 g/mol. The first kappa shape index (κ1) is 22.6. The summed E-state index contributed by atoms with van der Waals surface area (Å²) in [7, 11) is 0. The van der Waals surface area contributed by atoms with E-state index in [2.05, 4.69) is 120 Å². The van der Waals surface area contributed by atoms with Crippen molar-refractivity contribution in [2.75, 3.05) is 0 Å². The highest BCUT2D eigenvalue weighted by molar-refractivity contribution is 6.10. The maximum Gasteiger partial charge on any atom is 0.0534 e. The predicted octanol–water partition coefficient (Wildman–Crippen LogP) is 9.96. The Balaban J connectivity index is 1.34. The fraction of sp³-hybridized carbons (Fsp3) is 0.158. The fourth-order valence-electron chi connectivity index (χ4n) is 7.20. The smallest absolute Gasteiger partial charge is 0.0534 e. The third-order valence-electron chi connectivity index (χ3n) is 8.86. The van der Waals surface area contributed by atoms with Crippen molar-refractivity contribution in [1.29, 1.82) is 0 Å². The van der Waals surface area contributed by atoms with Crippen LogP contribution in [-0.4, -0.2) is 4.57 Å². The molecule has 8 rings (SSSR count). The lowest BCUT2D eigenvalue weighted by Crippen LogP contribution is -2.07. The Morgan fingerprint density at radius 1 is 0.513 bits per heavy atom. The van der Waals surface area contributed by atoms with Crippen molar-refractivity contribution in [3.05, 3.63) is 132 Å². The normalized spacial score (nSPS) is 14.5. The summed E-state index contributed by atoms with van der Waals surface area (Å²) in [5.41, 5.74) is 13.9. The topological polar surface area (TPSA) is 4.93 Å². The number of aryl methyl sites for hydroxylation is 1. The molecule has 6 aromatic rings. The van der Waals surface area contributed by atoms with Gasteiger partial charge in [-0.1, -0.05) is 97.1 Å². The van der Waals surface area contributed by atoms with Crippen LogP contribution in [0.4, 0.5) is 0 Å². The van der Waals surface area contributed by atoms with Crippen LogP contribution in [-0.2, 0) is 19.3 Å². The highest BCUT2D eigenvalue weighted by Gasteiger charge is 2.23. The van der Waals surface area contributed by atoms with Crippen molar-refractivity contribution in [2.45, 2.75) is 38.5 Å². The lowest BCUT2D eigenvalue weighted by Gasteiger charge is -2.24. The number of benzene rings is 5. The first-order valence-corrected chi connectivity index (χ1v) is 14.4. The van der Waals surface area contributed by atoms with Gasteiger partial charge < -0.3 is 4.57 Å². The van der Waals surface area contributed by atoms with Gasteiger partial charge in [-0.3, -0.25) is 0 Å². The number of hydrogen-bond acceptors (Lipinski definition) is 0. The Bertz CT molecular complexity index is 1880. The maximum atomic E-state index is 2.53. The predicted molar refractivity (Wildman–Crippen MR) is 166 cm³/mol. The molecule has 1 aromatic heterocycles. The molecule has 0 amide bonds. The van der Waals surface area contributed by atoms with Crippen LogP contribution < -0.4 is 0 Å². The van der Waals surface area contributed by atoms with Crippen molar-refractivity contribution in [3.8, 4) is 27.9 Å². The largest absolute Gasteiger partial charge is 0.313 e. The van der Waals surface area contributed by atoms with E-state index in [9.17, 15) is 0 Å². The van der Waals surface area contributed by atoms with Crippen molar-refractivity contribution in [1.82, 2.24) is 4.57 Å². The van der Waals surface area contributed by atoms with E-state index in [1.807, 2.05) is 0 Å². The molecule has 1 heterocycles. The molecule has 0 fully saturated rings. The Labute approximate surface area is 230 Å². The molecular formula is C38H31N. The maximum absolute atomic E-state index is 2.53. The monoisotopic (exact) mass is 501 g/mol. The molecule has 0 aliphatic heterocycles. The van der Waals surface area contributed by atoms with Gasteiger partial charge in [0, 0.05) is 16.8 Å². The third-order valence-corrected chi connectivity index (χ3v) is 8.86. The van der Waals surface area contributed by atoms with Gasteiger partial charge in [0.05, 0.1) is 5.52 Å². The van der Waals surface area contributed by atoms with Gasteiger partial charge in [0.2, 0.25) is 0 Å². The lowest BCUT2D eigenvalue weighted by molar-refractivity contribution is 0.667.